The van der Waals surface area contributed by atoms with E-state index < -0.39 is 102 Å². The number of phenolic OH excluding ortho intramolecular Hbond substituents is 2. The Labute approximate surface area is 315 Å². The third-order valence-electron chi connectivity index (χ3n) is 11.8. The zero-order chi connectivity index (χ0) is 39.5. The molecule has 2 aliphatic heterocycles. The first-order valence-electron chi connectivity index (χ1n) is 18.4. The van der Waals surface area contributed by atoms with Crippen LogP contribution in [0.3, 0.4) is 0 Å². The van der Waals surface area contributed by atoms with Gasteiger partial charge in [-0.15, -0.1) is 0 Å². The number of nitrogens with zero attached hydrogens (tertiary/aromatic N) is 1. The van der Waals surface area contributed by atoms with Gasteiger partial charge in [-0.2, -0.15) is 0 Å². The van der Waals surface area contributed by atoms with Gasteiger partial charge in [0, 0.05) is 54.5 Å². The van der Waals surface area contributed by atoms with E-state index in [1.807, 2.05) is 0 Å². The molecule has 1 saturated carbocycles. The number of aliphatic hydroxyl groups excluding tert-OH is 3. The second kappa shape index (κ2) is 14.7. The zero-order valence-corrected chi connectivity index (χ0v) is 30.3. The van der Waals surface area contributed by atoms with Crippen LogP contribution in [0.4, 0.5) is 0 Å². The van der Waals surface area contributed by atoms with Gasteiger partial charge in [-0.25, -0.2) is 0 Å². The third kappa shape index (κ3) is 6.70. The predicted molar refractivity (Wildman–Crippen MR) is 188 cm³/mol. The number of Topliss-reactive ketones (excluding diaryl/α,β-unsaturated/α-hetero) is 1. The van der Waals surface area contributed by atoms with Gasteiger partial charge in [0.15, 0.2) is 17.9 Å². The molecule has 16 nitrogen and oxygen atoms in total. The van der Waals surface area contributed by atoms with Crippen molar-refractivity contribution in [1.29, 1.82) is 0 Å². The standard InChI is InChI=1S/C39H44N2O14/c1-17-33(46)22(40-38(51)19-8-6-18(7-9-19)15-41-26(44)10-11-27(41)45)12-28(54-17)55-24-14-39(52,25(43)16-42)13-21-30(24)37(50)32-31(35(21)48)34(47)20-4-3-5-23(53-2)29(20)36(32)49/h3-5,10-11,17-19,22,24,26,28,33,42,44,46,48,50,52H,6-9,12-16H2,1-2H3,(H,40,51)/t17-,18?,19?,22-,24-,26?,28-,33+,39-/m0/s1. The fraction of sp³-hybridized carbons (Fsp3) is 0.513. The zero-order valence-electron chi connectivity index (χ0n) is 30.3. The van der Waals surface area contributed by atoms with Crippen LogP contribution < -0.4 is 10.1 Å². The molecule has 1 unspecified atom stereocenters. The highest BCUT2D eigenvalue weighted by Gasteiger charge is 2.50. The SMILES string of the molecule is COc1cccc2c1C(=O)c1c(O)c3c(c(O)c1C2=O)C[C@@](O)(C(=O)CO)C[C@@H]3O[C@H]1C[C@H](NC(=O)C2CCC(CN3C(=O)C=CC3O)CC2)[C@H](O)[C@H](C)O1. The Bertz CT molecular complexity index is 1970. The van der Waals surface area contributed by atoms with Crippen LogP contribution in [0.2, 0.25) is 0 Å². The maximum Gasteiger partial charge on any atom is 0.248 e. The number of amides is 2. The molecule has 2 aromatic rings. The fourth-order valence-electron chi connectivity index (χ4n) is 8.74. The lowest BCUT2D eigenvalue weighted by Gasteiger charge is -2.43. The van der Waals surface area contributed by atoms with Crippen molar-refractivity contribution in [3.05, 3.63) is 63.7 Å². The number of ketones is 3. The minimum Gasteiger partial charge on any atom is -0.507 e. The molecule has 2 fully saturated rings. The molecule has 7 rings (SSSR count). The van der Waals surface area contributed by atoms with Crippen LogP contribution in [-0.4, -0.2) is 121 Å². The van der Waals surface area contributed by atoms with Gasteiger partial charge in [0.25, 0.3) is 0 Å². The normalized spacial score (nSPS) is 31.5. The van der Waals surface area contributed by atoms with E-state index in [9.17, 15) is 54.6 Å². The monoisotopic (exact) mass is 764 g/mol. The molecule has 55 heavy (non-hydrogen) atoms. The molecule has 0 bridgehead atoms. The smallest absolute Gasteiger partial charge is 0.248 e. The number of nitrogens with one attached hydrogen (secondary N) is 1. The number of methoxy groups -OCH3 is 1. The fourth-order valence-corrected chi connectivity index (χ4v) is 8.74. The van der Waals surface area contributed by atoms with E-state index in [2.05, 4.69) is 5.32 Å². The lowest BCUT2D eigenvalue weighted by Crippen LogP contribution is -2.56. The molecule has 7 N–H and O–H groups in total. The Balaban J connectivity index is 1.13. The molecule has 294 valence electrons. The Morgan fingerprint density at radius 1 is 1.02 bits per heavy atom. The van der Waals surface area contributed by atoms with E-state index in [-0.39, 0.29) is 58.1 Å². The molecular weight excluding hydrogens is 720 g/mol. The van der Waals surface area contributed by atoms with E-state index >= 15 is 0 Å². The summed E-state index contributed by atoms with van der Waals surface area (Å²) in [6.45, 7) is 0.861. The number of phenols is 2. The van der Waals surface area contributed by atoms with E-state index in [0.29, 0.717) is 32.2 Å². The van der Waals surface area contributed by atoms with Crippen LogP contribution in [0.25, 0.3) is 0 Å². The summed E-state index contributed by atoms with van der Waals surface area (Å²) in [5, 5.41) is 68.7. The molecule has 7 atom stereocenters. The van der Waals surface area contributed by atoms with E-state index in [1.54, 1.807) is 6.92 Å². The molecule has 5 aliphatic rings. The average molecular weight is 765 g/mol. The maximum atomic E-state index is 13.9. The first-order chi connectivity index (χ1) is 26.2. The summed E-state index contributed by atoms with van der Waals surface area (Å²) in [4.78, 5) is 67.6. The molecule has 0 aromatic heterocycles. The number of rotatable bonds is 9. The highest BCUT2D eigenvalue weighted by Crippen LogP contribution is 2.52. The number of aliphatic hydroxyl groups is 4. The van der Waals surface area contributed by atoms with Crippen LogP contribution in [0.15, 0.2) is 30.4 Å². The van der Waals surface area contributed by atoms with Gasteiger partial charge >= 0.3 is 0 Å². The van der Waals surface area contributed by atoms with Crippen molar-refractivity contribution in [3.63, 3.8) is 0 Å². The van der Waals surface area contributed by atoms with Gasteiger partial charge < -0.3 is 55.1 Å². The summed E-state index contributed by atoms with van der Waals surface area (Å²) >= 11 is 0. The highest BCUT2D eigenvalue weighted by atomic mass is 16.7. The van der Waals surface area contributed by atoms with Gasteiger partial charge in [0.05, 0.1) is 42.0 Å². The lowest BCUT2D eigenvalue weighted by atomic mass is 9.72. The summed E-state index contributed by atoms with van der Waals surface area (Å²) in [6.07, 6.45) is -1.89. The van der Waals surface area contributed by atoms with Crippen molar-refractivity contribution in [3.8, 4) is 17.2 Å². The molecule has 2 heterocycles. The van der Waals surface area contributed by atoms with Crippen LogP contribution in [0.1, 0.15) is 94.5 Å². The number of carbonyl (C=O) groups excluding carboxylic acids is 5. The predicted octanol–water partition coefficient (Wildman–Crippen LogP) is 0.682. The number of fused-ring (bicyclic) bond motifs is 3. The van der Waals surface area contributed by atoms with Crippen molar-refractivity contribution in [2.45, 2.75) is 94.3 Å². The van der Waals surface area contributed by atoms with Crippen LogP contribution >= 0.6 is 0 Å². The Kier molecular flexibility index (Phi) is 10.3. The Morgan fingerprint density at radius 3 is 2.38 bits per heavy atom. The molecule has 2 amide bonds. The number of hydrogen-bond acceptors (Lipinski definition) is 14. The Hall–Kier alpha value is -4.71. The minimum atomic E-state index is -2.34. The molecular formula is C39H44N2O14. The van der Waals surface area contributed by atoms with Crippen molar-refractivity contribution in [1.82, 2.24) is 10.2 Å². The summed E-state index contributed by atoms with van der Waals surface area (Å²) < 4.78 is 17.6. The van der Waals surface area contributed by atoms with Crippen LogP contribution in [-0.2, 0) is 30.3 Å². The molecule has 0 spiro atoms. The summed E-state index contributed by atoms with van der Waals surface area (Å²) in [6, 6.07) is 3.44. The number of benzene rings is 2. The van der Waals surface area contributed by atoms with E-state index in [1.165, 1.54) is 42.4 Å². The largest absolute Gasteiger partial charge is 0.507 e. The number of aromatic hydroxyl groups is 2. The van der Waals surface area contributed by atoms with Crippen LogP contribution in [0, 0.1) is 11.8 Å². The van der Waals surface area contributed by atoms with Crippen molar-refractivity contribution in [2.75, 3.05) is 20.3 Å². The van der Waals surface area contributed by atoms with Crippen molar-refractivity contribution in [2.24, 2.45) is 11.8 Å². The van der Waals surface area contributed by atoms with Gasteiger partial charge in [0.1, 0.15) is 41.8 Å². The average Bonchev–Trinajstić information content (AvgIpc) is 3.48. The second-order valence-corrected chi connectivity index (χ2v) is 15.1. The molecule has 0 radical (unpaired) electrons. The first kappa shape index (κ1) is 38.6. The molecule has 3 aliphatic carbocycles. The van der Waals surface area contributed by atoms with Crippen molar-refractivity contribution < 1.29 is 68.8 Å². The number of hydrogen-bond donors (Lipinski definition) is 7. The van der Waals surface area contributed by atoms with Gasteiger partial charge in [-0.05, 0) is 50.7 Å². The summed E-state index contributed by atoms with van der Waals surface area (Å²) in [5.41, 5.74) is -4.01. The van der Waals surface area contributed by atoms with E-state index in [0.717, 1.165) is 0 Å². The molecule has 16 heteroatoms. The van der Waals surface area contributed by atoms with Gasteiger partial charge in [-0.1, -0.05) is 12.1 Å². The number of ether oxygens (including phenoxy) is 3. The van der Waals surface area contributed by atoms with Crippen LogP contribution in [0.5, 0.6) is 17.2 Å². The van der Waals surface area contributed by atoms with Crippen molar-refractivity contribution >= 4 is 29.2 Å². The van der Waals surface area contributed by atoms with Gasteiger partial charge in [0.2, 0.25) is 17.6 Å². The second-order valence-electron chi connectivity index (χ2n) is 15.1. The molecule has 1 saturated heterocycles. The third-order valence-corrected chi connectivity index (χ3v) is 11.8. The quantitative estimate of drug-likeness (QED) is 0.148. The lowest BCUT2D eigenvalue weighted by molar-refractivity contribution is -0.249. The summed E-state index contributed by atoms with van der Waals surface area (Å²) in [7, 11) is 1.31. The van der Waals surface area contributed by atoms with E-state index in [4.69, 9.17) is 14.2 Å². The molecule has 2 aromatic carbocycles. The highest BCUT2D eigenvalue weighted by molar-refractivity contribution is 6.31. The minimum absolute atomic E-state index is 0.0640. The first-order valence-corrected chi connectivity index (χ1v) is 18.4. The maximum absolute atomic E-state index is 13.9. The number of carbonyl (C=O) groups is 5. The Morgan fingerprint density at radius 2 is 1.73 bits per heavy atom. The van der Waals surface area contributed by atoms with Gasteiger partial charge in [-0.3, -0.25) is 24.0 Å². The topological polar surface area (TPSA) is 250 Å². The summed E-state index contributed by atoms with van der Waals surface area (Å²) in [5.74, 6) is -4.86.